The van der Waals surface area contributed by atoms with E-state index in [-0.39, 0.29) is 6.61 Å². The smallest absolute Gasteiger partial charge is 0.132 e. The number of rotatable bonds is 5. The molecule has 1 aliphatic carbocycles. The summed E-state index contributed by atoms with van der Waals surface area (Å²) in [5.74, 6) is -0.558. The van der Waals surface area contributed by atoms with Crippen LogP contribution in [0.2, 0.25) is 5.02 Å². The van der Waals surface area contributed by atoms with Crippen molar-refractivity contribution in [1.29, 1.82) is 0 Å². The Morgan fingerprint density at radius 1 is 0.897 bits per heavy atom. The van der Waals surface area contributed by atoms with Gasteiger partial charge in [-0.3, -0.25) is 0 Å². The molecule has 0 bridgehead atoms. The minimum Gasteiger partial charge on any atom is -0.488 e. The van der Waals surface area contributed by atoms with Crippen molar-refractivity contribution in [2.75, 3.05) is 0 Å². The number of hydrogen-bond donors (Lipinski definition) is 0. The molecule has 29 heavy (non-hydrogen) atoms. The Morgan fingerprint density at radius 2 is 1.66 bits per heavy atom. The zero-order chi connectivity index (χ0) is 20.4. The highest BCUT2D eigenvalue weighted by atomic mass is 35.5. The van der Waals surface area contributed by atoms with Crippen LogP contribution >= 0.6 is 11.6 Å². The Labute approximate surface area is 174 Å². The van der Waals surface area contributed by atoms with E-state index < -0.39 is 11.6 Å². The van der Waals surface area contributed by atoms with Gasteiger partial charge in [-0.1, -0.05) is 41.4 Å². The van der Waals surface area contributed by atoms with Crippen LogP contribution < -0.4 is 4.74 Å². The molecule has 4 rings (SSSR count). The molecule has 4 heteroatoms. The molecule has 0 saturated heterocycles. The fraction of sp³-hybridized carbons (Fsp3) is 0.200. The number of halogens is 3. The van der Waals surface area contributed by atoms with Crippen molar-refractivity contribution < 1.29 is 13.5 Å². The zero-order valence-electron chi connectivity index (χ0n) is 16.1. The standard InChI is InChI=1S/C25H21ClF2O/c1-16-5-7-17(8-6-16)21-3-2-4-22(21)23-13-19(26)10-12-25(23)29-15-18-9-11-20(27)14-24(18)28/h5-14H,2-4,15H2,1H3. The Hall–Kier alpha value is -2.65. The molecule has 1 aliphatic rings. The van der Waals surface area contributed by atoms with Gasteiger partial charge in [0.15, 0.2) is 0 Å². The van der Waals surface area contributed by atoms with Gasteiger partial charge in [0.25, 0.3) is 0 Å². The second-order valence-electron chi connectivity index (χ2n) is 7.34. The van der Waals surface area contributed by atoms with E-state index in [4.69, 9.17) is 16.3 Å². The highest BCUT2D eigenvalue weighted by Crippen LogP contribution is 2.43. The molecule has 0 N–H and O–H groups in total. The van der Waals surface area contributed by atoms with E-state index in [0.29, 0.717) is 16.3 Å². The molecule has 0 unspecified atom stereocenters. The van der Waals surface area contributed by atoms with Crippen molar-refractivity contribution in [1.82, 2.24) is 0 Å². The molecule has 3 aromatic rings. The monoisotopic (exact) mass is 410 g/mol. The first kappa shape index (κ1) is 19.7. The molecule has 0 spiro atoms. The summed E-state index contributed by atoms with van der Waals surface area (Å²) in [6.45, 7) is 2.10. The summed E-state index contributed by atoms with van der Waals surface area (Å²) in [6, 6.07) is 17.5. The molecular formula is C25H21ClF2O. The lowest BCUT2D eigenvalue weighted by Gasteiger charge is -2.15. The summed E-state index contributed by atoms with van der Waals surface area (Å²) in [5.41, 5.74) is 6.19. The summed E-state index contributed by atoms with van der Waals surface area (Å²) in [6.07, 6.45) is 3.00. The summed E-state index contributed by atoms with van der Waals surface area (Å²) in [4.78, 5) is 0. The molecule has 0 aromatic heterocycles. The van der Waals surface area contributed by atoms with Gasteiger partial charge in [0, 0.05) is 22.2 Å². The van der Waals surface area contributed by atoms with Crippen LogP contribution in [0.4, 0.5) is 8.78 Å². The van der Waals surface area contributed by atoms with Crippen LogP contribution in [0.1, 0.15) is 41.5 Å². The van der Waals surface area contributed by atoms with Crippen LogP contribution in [-0.2, 0) is 6.61 Å². The maximum Gasteiger partial charge on any atom is 0.132 e. The van der Waals surface area contributed by atoms with Crippen LogP contribution in [0.25, 0.3) is 11.1 Å². The molecule has 0 radical (unpaired) electrons. The van der Waals surface area contributed by atoms with Crippen LogP contribution in [0.15, 0.2) is 60.7 Å². The van der Waals surface area contributed by atoms with Crippen LogP contribution in [0.5, 0.6) is 5.75 Å². The molecule has 0 saturated carbocycles. The summed E-state index contributed by atoms with van der Waals surface area (Å²) >= 11 is 6.29. The van der Waals surface area contributed by atoms with Gasteiger partial charge >= 0.3 is 0 Å². The van der Waals surface area contributed by atoms with E-state index in [1.54, 1.807) is 6.07 Å². The topological polar surface area (TPSA) is 9.23 Å². The molecule has 0 atom stereocenters. The first-order chi connectivity index (χ1) is 14.0. The van der Waals surface area contributed by atoms with Gasteiger partial charge in [0.2, 0.25) is 0 Å². The molecule has 0 heterocycles. The molecule has 0 amide bonds. The lowest BCUT2D eigenvalue weighted by Crippen LogP contribution is -2.01. The van der Waals surface area contributed by atoms with Gasteiger partial charge in [-0.05, 0) is 73.2 Å². The summed E-state index contributed by atoms with van der Waals surface area (Å²) < 4.78 is 33.1. The Bertz CT molecular complexity index is 1070. The highest BCUT2D eigenvalue weighted by molar-refractivity contribution is 6.30. The first-order valence-electron chi connectivity index (χ1n) is 9.67. The minimum absolute atomic E-state index is 0.0217. The van der Waals surface area contributed by atoms with Gasteiger partial charge in [0.05, 0.1) is 0 Å². The average Bonchev–Trinajstić information content (AvgIpc) is 3.18. The molecule has 3 aromatic carbocycles. The molecular weight excluding hydrogens is 390 g/mol. The number of allylic oxidation sites excluding steroid dienone is 2. The van der Waals surface area contributed by atoms with Gasteiger partial charge < -0.3 is 4.74 Å². The summed E-state index contributed by atoms with van der Waals surface area (Å²) in [7, 11) is 0. The summed E-state index contributed by atoms with van der Waals surface area (Å²) in [5, 5.41) is 0.628. The second kappa shape index (κ2) is 8.38. The first-order valence-corrected chi connectivity index (χ1v) is 10.0. The van der Waals surface area contributed by atoms with E-state index in [2.05, 4.69) is 31.2 Å². The lowest BCUT2D eigenvalue weighted by atomic mass is 9.96. The normalized spacial score (nSPS) is 13.8. The van der Waals surface area contributed by atoms with Crippen LogP contribution in [-0.4, -0.2) is 0 Å². The van der Waals surface area contributed by atoms with Gasteiger partial charge in [-0.25, -0.2) is 8.78 Å². The molecule has 0 aliphatic heterocycles. The molecule has 0 fully saturated rings. The Morgan fingerprint density at radius 3 is 2.41 bits per heavy atom. The number of ether oxygens (including phenoxy) is 1. The van der Waals surface area contributed by atoms with E-state index in [0.717, 1.165) is 30.9 Å². The minimum atomic E-state index is -0.610. The van der Waals surface area contributed by atoms with E-state index in [1.807, 2.05) is 12.1 Å². The van der Waals surface area contributed by atoms with Gasteiger partial charge in [-0.15, -0.1) is 0 Å². The lowest BCUT2D eigenvalue weighted by molar-refractivity contribution is 0.298. The van der Waals surface area contributed by atoms with E-state index >= 15 is 0 Å². The molecule has 1 nitrogen and oxygen atoms in total. The average molecular weight is 411 g/mol. The van der Waals surface area contributed by atoms with Gasteiger partial charge in [0.1, 0.15) is 24.0 Å². The SMILES string of the molecule is Cc1ccc(C2=C(c3cc(Cl)ccc3OCc3ccc(F)cc3F)CCC2)cc1. The fourth-order valence-electron chi connectivity index (χ4n) is 3.77. The van der Waals surface area contributed by atoms with Crippen molar-refractivity contribution in [3.05, 3.63) is 99.6 Å². The largest absolute Gasteiger partial charge is 0.488 e. The third-order valence-corrected chi connectivity index (χ3v) is 5.52. The predicted octanol–water partition coefficient (Wildman–Crippen LogP) is 7.60. The van der Waals surface area contributed by atoms with Crippen LogP contribution in [0.3, 0.4) is 0 Å². The van der Waals surface area contributed by atoms with E-state index in [9.17, 15) is 8.78 Å². The quantitative estimate of drug-likeness (QED) is 0.420. The maximum absolute atomic E-state index is 14.0. The van der Waals surface area contributed by atoms with Crippen LogP contribution in [0, 0.1) is 18.6 Å². The fourth-order valence-corrected chi connectivity index (χ4v) is 3.94. The number of hydrogen-bond acceptors (Lipinski definition) is 1. The third kappa shape index (κ3) is 4.35. The number of aryl methyl sites for hydroxylation is 1. The third-order valence-electron chi connectivity index (χ3n) is 5.28. The van der Waals surface area contributed by atoms with E-state index in [1.165, 1.54) is 34.4 Å². The van der Waals surface area contributed by atoms with Crippen molar-refractivity contribution in [2.24, 2.45) is 0 Å². The molecule has 148 valence electrons. The van der Waals surface area contributed by atoms with Crippen molar-refractivity contribution in [3.63, 3.8) is 0 Å². The van der Waals surface area contributed by atoms with Crippen molar-refractivity contribution in [3.8, 4) is 5.75 Å². The van der Waals surface area contributed by atoms with Gasteiger partial charge in [-0.2, -0.15) is 0 Å². The zero-order valence-corrected chi connectivity index (χ0v) is 16.9. The van der Waals surface area contributed by atoms with Crippen molar-refractivity contribution >= 4 is 22.7 Å². The predicted molar refractivity (Wildman–Crippen MR) is 114 cm³/mol. The second-order valence-corrected chi connectivity index (χ2v) is 7.78. The maximum atomic E-state index is 14.0. The number of benzene rings is 3. The Balaban J connectivity index is 1.69. The highest BCUT2D eigenvalue weighted by Gasteiger charge is 2.21. The Kier molecular flexibility index (Phi) is 5.68. The van der Waals surface area contributed by atoms with Crippen molar-refractivity contribution in [2.45, 2.75) is 32.8 Å².